The molecule has 6 heteroatoms. The molecule has 20 heavy (non-hydrogen) atoms. The minimum absolute atomic E-state index is 0.126. The Morgan fingerprint density at radius 2 is 1.25 bits per heavy atom. The maximum atomic E-state index is 12.4. The van der Waals surface area contributed by atoms with Crippen molar-refractivity contribution in [1.82, 2.24) is 9.36 Å². The van der Waals surface area contributed by atoms with E-state index >= 15 is 0 Å². The lowest BCUT2D eigenvalue weighted by Crippen LogP contribution is -2.63. The molecule has 0 fully saturated rings. The molecule has 0 amide bonds. The van der Waals surface area contributed by atoms with E-state index < -0.39 is 11.2 Å². The van der Waals surface area contributed by atoms with Gasteiger partial charge in [0.1, 0.15) is 11.2 Å². The van der Waals surface area contributed by atoms with Crippen LogP contribution in [0.2, 0.25) is 0 Å². The van der Waals surface area contributed by atoms with Gasteiger partial charge in [0.2, 0.25) is 0 Å². The molecule has 0 bridgehead atoms. The quantitative estimate of drug-likeness (QED) is 0.690. The van der Waals surface area contributed by atoms with Gasteiger partial charge in [0.15, 0.2) is 0 Å². The fourth-order valence-corrected chi connectivity index (χ4v) is 2.59. The van der Waals surface area contributed by atoms with Crippen LogP contribution in [-0.2, 0) is 13.1 Å². The lowest BCUT2D eigenvalue weighted by molar-refractivity contribution is -0.170. The number of nitrogens with zero attached hydrogens (tertiary/aromatic N) is 2. The van der Waals surface area contributed by atoms with Crippen molar-refractivity contribution in [1.29, 1.82) is 0 Å². The highest BCUT2D eigenvalue weighted by atomic mass is 16.4. The molecule has 2 aromatic rings. The Balaban J connectivity index is 2.42. The van der Waals surface area contributed by atoms with Crippen molar-refractivity contribution < 1.29 is 10.2 Å². The van der Waals surface area contributed by atoms with Gasteiger partial charge in [0.25, 0.3) is 11.1 Å². The average Bonchev–Trinajstić information content (AvgIpc) is 2.38. The Kier molecular flexibility index (Phi) is 2.49. The van der Waals surface area contributed by atoms with E-state index in [1.807, 2.05) is 0 Å². The van der Waals surface area contributed by atoms with E-state index in [0.717, 1.165) is 0 Å². The second-order valence-corrected chi connectivity index (χ2v) is 5.82. The Hall–Kier alpha value is -1.92. The lowest BCUT2D eigenvalue weighted by Gasteiger charge is -2.44. The second kappa shape index (κ2) is 3.80. The molecule has 2 atom stereocenters. The fourth-order valence-electron chi connectivity index (χ4n) is 2.59. The third-order valence-electron chi connectivity index (χ3n) is 4.22. The Labute approximate surface area is 114 Å². The molecular formula is C14H16N2O4. The fraction of sp³-hybridized carbons (Fsp3) is 0.429. The first-order valence-electron chi connectivity index (χ1n) is 6.42. The van der Waals surface area contributed by atoms with Gasteiger partial charge in [-0.15, -0.1) is 0 Å². The summed E-state index contributed by atoms with van der Waals surface area (Å²) in [5.41, 5.74) is -3.63. The highest BCUT2D eigenvalue weighted by Crippen LogP contribution is 2.28. The zero-order valence-corrected chi connectivity index (χ0v) is 11.3. The minimum Gasteiger partial charge on any atom is -0.385 e. The van der Waals surface area contributed by atoms with Gasteiger partial charge in [0.05, 0.1) is 23.9 Å². The molecule has 0 radical (unpaired) electrons. The Morgan fingerprint density at radius 1 is 0.900 bits per heavy atom. The minimum atomic E-state index is -1.48. The molecule has 2 heterocycles. The zero-order valence-electron chi connectivity index (χ0n) is 11.3. The van der Waals surface area contributed by atoms with E-state index in [4.69, 9.17) is 0 Å². The summed E-state index contributed by atoms with van der Waals surface area (Å²) in [4.78, 5) is 24.9. The van der Waals surface area contributed by atoms with E-state index in [1.165, 1.54) is 23.2 Å². The summed E-state index contributed by atoms with van der Waals surface area (Å²) in [6.07, 6.45) is 0. The van der Waals surface area contributed by atoms with Gasteiger partial charge in [-0.3, -0.25) is 9.59 Å². The molecular weight excluding hydrogens is 260 g/mol. The monoisotopic (exact) mass is 276 g/mol. The van der Waals surface area contributed by atoms with Crippen LogP contribution < -0.4 is 11.1 Å². The number of rotatable bonds is 0. The Morgan fingerprint density at radius 3 is 1.60 bits per heavy atom. The van der Waals surface area contributed by atoms with Crippen molar-refractivity contribution in [2.75, 3.05) is 0 Å². The van der Waals surface area contributed by atoms with Gasteiger partial charge in [-0.2, -0.15) is 0 Å². The highest BCUT2D eigenvalue weighted by molar-refractivity contribution is 5.80. The van der Waals surface area contributed by atoms with Gasteiger partial charge in [0, 0.05) is 0 Å². The third-order valence-corrected chi connectivity index (χ3v) is 4.22. The van der Waals surface area contributed by atoms with Crippen molar-refractivity contribution in [3.05, 3.63) is 45.0 Å². The van der Waals surface area contributed by atoms with Crippen molar-refractivity contribution >= 4 is 10.8 Å². The number of aliphatic hydroxyl groups is 2. The topological polar surface area (TPSA) is 84.5 Å². The van der Waals surface area contributed by atoms with Crippen LogP contribution in [0, 0.1) is 0 Å². The van der Waals surface area contributed by atoms with Gasteiger partial charge in [-0.05, 0) is 26.0 Å². The second-order valence-electron chi connectivity index (χ2n) is 5.82. The molecule has 3 rings (SSSR count). The van der Waals surface area contributed by atoms with E-state index in [9.17, 15) is 19.8 Å². The molecule has 1 aliphatic rings. The maximum absolute atomic E-state index is 12.4. The first kappa shape index (κ1) is 13.1. The van der Waals surface area contributed by atoms with Crippen LogP contribution in [0.1, 0.15) is 13.8 Å². The number of hydrogen-bond donors (Lipinski definition) is 2. The van der Waals surface area contributed by atoms with E-state index in [0.29, 0.717) is 10.8 Å². The molecule has 0 spiro atoms. The van der Waals surface area contributed by atoms with Crippen LogP contribution in [0.15, 0.2) is 33.9 Å². The van der Waals surface area contributed by atoms with Crippen LogP contribution >= 0.6 is 0 Å². The van der Waals surface area contributed by atoms with E-state index in [-0.39, 0.29) is 24.2 Å². The van der Waals surface area contributed by atoms with E-state index in [2.05, 4.69) is 0 Å². The van der Waals surface area contributed by atoms with Crippen molar-refractivity contribution in [3.63, 3.8) is 0 Å². The molecule has 1 aromatic heterocycles. The zero-order chi connectivity index (χ0) is 14.7. The maximum Gasteiger partial charge on any atom is 0.273 e. The predicted molar refractivity (Wildman–Crippen MR) is 73.7 cm³/mol. The van der Waals surface area contributed by atoms with Crippen molar-refractivity contribution in [3.8, 4) is 0 Å². The summed E-state index contributed by atoms with van der Waals surface area (Å²) in [6, 6.07) is 6.57. The molecule has 1 aromatic carbocycles. The SMILES string of the molecule is C[C@@]1(O)Cn2c(=O)c3ccccc3c(=O)n2C[C@@]1(C)O. The number of aromatic nitrogens is 2. The molecule has 1 aliphatic heterocycles. The molecule has 106 valence electrons. The summed E-state index contributed by atoms with van der Waals surface area (Å²) < 4.78 is 2.42. The van der Waals surface area contributed by atoms with Crippen molar-refractivity contribution in [2.24, 2.45) is 0 Å². The summed E-state index contributed by atoms with van der Waals surface area (Å²) in [7, 11) is 0. The van der Waals surface area contributed by atoms with Gasteiger partial charge in [-0.25, -0.2) is 9.36 Å². The normalized spacial score (nSPS) is 29.4. The van der Waals surface area contributed by atoms with E-state index in [1.54, 1.807) is 24.3 Å². The van der Waals surface area contributed by atoms with Crippen LogP contribution in [0.25, 0.3) is 10.8 Å². The Bertz CT molecular complexity index is 746. The number of benzene rings is 1. The average molecular weight is 276 g/mol. The van der Waals surface area contributed by atoms with Crippen LogP contribution in [0.5, 0.6) is 0 Å². The molecule has 6 nitrogen and oxygen atoms in total. The smallest absolute Gasteiger partial charge is 0.273 e. The molecule has 2 N–H and O–H groups in total. The molecule has 0 unspecified atom stereocenters. The number of hydrogen-bond acceptors (Lipinski definition) is 4. The van der Waals surface area contributed by atoms with Crippen molar-refractivity contribution in [2.45, 2.75) is 38.1 Å². The molecule has 0 saturated heterocycles. The third kappa shape index (κ3) is 1.58. The standard InChI is InChI=1S/C14H16N2O4/c1-13(19)7-15-11(17)9-5-3-4-6-10(9)12(18)16(15)8-14(13,2)20/h3-6,19-20H,7-8H2,1-2H3/t13-,14-/m1/s1. The first-order chi connectivity index (χ1) is 9.24. The van der Waals surface area contributed by atoms with Crippen LogP contribution in [0.4, 0.5) is 0 Å². The summed E-state index contributed by atoms with van der Waals surface area (Å²) in [5.74, 6) is 0. The highest BCUT2D eigenvalue weighted by Gasteiger charge is 2.47. The van der Waals surface area contributed by atoms with Gasteiger partial charge >= 0.3 is 0 Å². The largest absolute Gasteiger partial charge is 0.385 e. The first-order valence-corrected chi connectivity index (χ1v) is 6.42. The molecule has 0 saturated carbocycles. The number of fused-ring (bicyclic) bond motifs is 2. The summed E-state index contributed by atoms with van der Waals surface area (Å²) in [6.45, 7) is 2.67. The van der Waals surface area contributed by atoms with Crippen LogP contribution in [-0.4, -0.2) is 30.8 Å². The van der Waals surface area contributed by atoms with Gasteiger partial charge < -0.3 is 10.2 Å². The molecule has 0 aliphatic carbocycles. The predicted octanol–water partition coefficient (Wildman–Crippen LogP) is -0.321. The van der Waals surface area contributed by atoms with Crippen LogP contribution in [0.3, 0.4) is 0 Å². The summed E-state index contributed by atoms with van der Waals surface area (Å²) >= 11 is 0. The lowest BCUT2D eigenvalue weighted by atomic mass is 9.84. The summed E-state index contributed by atoms with van der Waals surface area (Å²) in [5, 5.41) is 21.3. The van der Waals surface area contributed by atoms with Gasteiger partial charge in [-0.1, -0.05) is 12.1 Å².